The van der Waals surface area contributed by atoms with Gasteiger partial charge in [0.25, 0.3) is 0 Å². The van der Waals surface area contributed by atoms with E-state index in [9.17, 15) is 0 Å². The Balaban J connectivity index is 1.73. The molecule has 0 aliphatic heterocycles. The fraction of sp³-hybridized carbons (Fsp3) is 0.200. The number of hydrogen-bond acceptors (Lipinski definition) is 1. The van der Waals surface area contributed by atoms with Gasteiger partial charge in [-0.25, -0.2) is 0 Å². The van der Waals surface area contributed by atoms with Crippen molar-refractivity contribution >= 4 is 21.8 Å². The fourth-order valence-electron chi connectivity index (χ4n) is 3.31. The molecule has 4 aromatic rings. The first-order valence-electron chi connectivity index (χ1n) is 7.99. The SMILES string of the molecule is CC(c1ccc2c(ccn2C)c1)N(C)n1ccc2ccccc21. The molecule has 0 aliphatic rings. The van der Waals surface area contributed by atoms with E-state index in [4.69, 9.17) is 0 Å². The van der Waals surface area contributed by atoms with Crippen LogP contribution in [0.5, 0.6) is 0 Å². The molecule has 0 aliphatic carbocycles. The normalized spacial score (nSPS) is 12.8. The number of para-hydroxylation sites is 1. The Morgan fingerprint density at radius 3 is 2.52 bits per heavy atom. The summed E-state index contributed by atoms with van der Waals surface area (Å²) in [6.07, 6.45) is 4.25. The van der Waals surface area contributed by atoms with Gasteiger partial charge in [-0.05, 0) is 48.2 Å². The molecule has 0 spiro atoms. The third kappa shape index (κ3) is 2.20. The van der Waals surface area contributed by atoms with E-state index in [0.29, 0.717) is 0 Å². The molecule has 0 bridgehead atoms. The Bertz CT molecular complexity index is 977. The quantitative estimate of drug-likeness (QED) is 0.544. The van der Waals surface area contributed by atoms with Crippen molar-refractivity contribution in [2.45, 2.75) is 13.0 Å². The van der Waals surface area contributed by atoms with Gasteiger partial charge < -0.3 is 9.58 Å². The van der Waals surface area contributed by atoms with Crippen LogP contribution >= 0.6 is 0 Å². The van der Waals surface area contributed by atoms with Gasteiger partial charge >= 0.3 is 0 Å². The third-order valence-corrected chi connectivity index (χ3v) is 4.87. The molecule has 1 atom stereocenters. The topological polar surface area (TPSA) is 13.1 Å². The summed E-state index contributed by atoms with van der Waals surface area (Å²) < 4.78 is 4.39. The highest BCUT2D eigenvalue weighted by Gasteiger charge is 2.14. The van der Waals surface area contributed by atoms with E-state index < -0.39 is 0 Å². The van der Waals surface area contributed by atoms with Gasteiger partial charge in [0.15, 0.2) is 0 Å². The van der Waals surface area contributed by atoms with E-state index in [1.807, 2.05) is 0 Å². The van der Waals surface area contributed by atoms with Crippen LogP contribution in [0.25, 0.3) is 21.8 Å². The third-order valence-electron chi connectivity index (χ3n) is 4.87. The molecule has 2 heterocycles. The Morgan fingerprint density at radius 2 is 1.65 bits per heavy atom. The van der Waals surface area contributed by atoms with Crippen LogP contribution < -0.4 is 5.01 Å². The first-order chi connectivity index (χ1) is 11.1. The lowest BCUT2D eigenvalue weighted by molar-refractivity contribution is 0.575. The van der Waals surface area contributed by atoms with Crippen LogP contribution in [0.15, 0.2) is 67.0 Å². The summed E-state index contributed by atoms with van der Waals surface area (Å²) in [5, 5.41) is 4.85. The summed E-state index contributed by atoms with van der Waals surface area (Å²) in [4.78, 5) is 0. The van der Waals surface area contributed by atoms with Crippen LogP contribution in [0.1, 0.15) is 18.5 Å². The number of aryl methyl sites for hydroxylation is 1. The van der Waals surface area contributed by atoms with E-state index in [0.717, 1.165) is 0 Å². The first kappa shape index (κ1) is 13.9. The van der Waals surface area contributed by atoms with E-state index >= 15 is 0 Å². The van der Waals surface area contributed by atoms with E-state index in [-0.39, 0.29) is 6.04 Å². The average Bonchev–Trinajstić information content (AvgIpc) is 3.17. The zero-order valence-electron chi connectivity index (χ0n) is 13.8. The zero-order chi connectivity index (χ0) is 16.0. The number of benzene rings is 2. The van der Waals surface area contributed by atoms with Crippen molar-refractivity contribution < 1.29 is 0 Å². The van der Waals surface area contributed by atoms with Crippen LogP contribution in [0.3, 0.4) is 0 Å². The van der Waals surface area contributed by atoms with Crippen LogP contribution in [0.4, 0.5) is 0 Å². The minimum Gasteiger partial charge on any atom is -0.351 e. The molecule has 0 fully saturated rings. The number of hydrogen-bond donors (Lipinski definition) is 0. The van der Waals surface area contributed by atoms with E-state index in [1.54, 1.807) is 0 Å². The van der Waals surface area contributed by atoms with Gasteiger partial charge in [0.2, 0.25) is 0 Å². The predicted molar refractivity (Wildman–Crippen MR) is 97.4 cm³/mol. The summed E-state index contributed by atoms with van der Waals surface area (Å²) in [5.74, 6) is 0. The largest absolute Gasteiger partial charge is 0.351 e. The summed E-state index contributed by atoms with van der Waals surface area (Å²) in [6, 6.07) is 19.9. The van der Waals surface area contributed by atoms with E-state index in [2.05, 4.69) is 102 Å². The molecule has 23 heavy (non-hydrogen) atoms. The molecule has 0 saturated carbocycles. The second kappa shape index (κ2) is 5.20. The molecule has 2 aromatic heterocycles. The second-order valence-electron chi connectivity index (χ2n) is 6.21. The Morgan fingerprint density at radius 1 is 0.870 bits per heavy atom. The highest BCUT2D eigenvalue weighted by Crippen LogP contribution is 2.25. The minimum absolute atomic E-state index is 0.287. The zero-order valence-corrected chi connectivity index (χ0v) is 13.8. The van der Waals surface area contributed by atoms with Crippen molar-refractivity contribution in [3.8, 4) is 0 Å². The standard InChI is InChI=1S/C20H21N3/c1-15(17-8-9-19-18(14-17)10-12-21(19)2)22(3)23-13-11-16-6-4-5-7-20(16)23/h4-15H,1-3H3. The van der Waals surface area contributed by atoms with Crippen molar-refractivity contribution in [3.63, 3.8) is 0 Å². The lowest BCUT2D eigenvalue weighted by Gasteiger charge is -2.29. The van der Waals surface area contributed by atoms with Gasteiger partial charge in [-0.1, -0.05) is 24.3 Å². The highest BCUT2D eigenvalue weighted by molar-refractivity contribution is 5.81. The molecule has 1 unspecified atom stereocenters. The molecule has 0 saturated heterocycles. The first-order valence-corrected chi connectivity index (χ1v) is 7.99. The Labute approximate surface area is 136 Å². The van der Waals surface area contributed by atoms with Crippen molar-refractivity contribution in [2.75, 3.05) is 12.1 Å². The molecule has 3 nitrogen and oxygen atoms in total. The molecule has 4 rings (SSSR count). The van der Waals surface area contributed by atoms with Gasteiger partial charge in [-0.15, -0.1) is 0 Å². The summed E-state index contributed by atoms with van der Waals surface area (Å²) in [5.41, 5.74) is 3.83. The van der Waals surface area contributed by atoms with Crippen LogP contribution in [0.2, 0.25) is 0 Å². The van der Waals surface area contributed by atoms with Gasteiger partial charge in [-0.3, -0.25) is 4.68 Å². The lowest BCUT2D eigenvalue weighted by atomic mass is 10.1. The van der Waals surface area contributed by atoms with Crippen LogP contribution in [-0.4, -0.2) is 16.3 Å². The van der Waals surface area contributed by atoms with Crippen LogP contribution in [-0.2, 0) is 7.05 Å². The fourth-order valence-corrected chi connectivity index (χ4v) is 3.31. The lowest BCUT2D eigenvalue weighted by Crippen LogP contribution is -2.32. The number of rotatable bonds is 3. The second-order valence-corrected chi connectivity index (χ2v) is 6.21. The molecular weight excluding hydrogens is 282 g/mol. The molecule has 2 aromatic carbocycles. The predicted octanol–water partition coefficient (Wildman–Crippen LogP) is 4.46. The summed E-state index contributed by atoms with van der Waals surface area (Å²) in [7, 11) is 4.23. The van der Waals surface area contributed by atoms with Crippen molar-refractivity contribution in [2.24, 2.45) is 7.05 Å². The minimum atomic E-state index is 0.287. The average molecular weight is 303 g/mol. The van der Waals surface area contributed by atoms with Crippen molar-refractivity contribution in [1.82, 2.24) is 9.24 Å². The monoisotopic (exact) mass is 303 g/mol. The van der Waals surface area contributed by atoms with Gasteiger partial charge in [0.05, 0.1) is 11.6 Å². The maximum absolute atomic E-state index is 2.29. The summed E-state index contributed by atoms with van der Waals surface area (Å²) >= 11 is 0. The molecule has 116 valence electrons. The van der Waals surface area contributed by atoms with Crippen LogP contribution in [0, 0.1) is 0 Å². The number of fused-ring (bicyclic) bond motifs is 2. The van der Waals surface area contributed by atoms with Gasteiger partial charge in [-0.2, -0.15) is 0 Å². The van der Waals surface area contributed by atoms with E-state index in [1.165, 1.54) is 27.4 Å². The van der Waals surface area contributed by atoms with Gasteiger partial charge in [0.1, 0.15) is 0 Å². The Kier molecular flexibility index (Phi) is 3.15. The maximum Gasteiger partial charge on any atom is 0.0694 e. The van der Waals surface area contributed by atoms with Gasteiger partial charge in [0, 0.05) is 37.4 Å². The molecule has 3 heteroatoms. The smallest absolute Gasteiger partial charge is 0.0694 e. The molecular formula is C20H21N3. The van der Waals surface area contributed by atoms with Crippen molar-refractivity contribution in [3.05, 3.63) is 72.6 Å². The summed E-state index contributed by atoms with van der Waals surface area (Å²) in [6.45, 7) is 2.25. The Hall–Kier alpha value is -2.68. The number of nitrogens with zero attached hydrogens (tertiary/aromatic N) is 3. The van der Waals surface area contributed by atoms with Crippen molar-refractivity contribution in [1.29, 1.82) is 0 Å². The maximum atomic E-state index is 2.29. The highest BCUT2D eigenvalue weighted by atomic mass is 15.5. The molecule has 0 radical (unpaired) electrons. The molecule has 0 N–H and O–H groups in total. The molecule has 0 amide bonds. The number of aromatic nitrogens is 2.